The van der Waals surface area contributed by atoms with E-state index in [1.165, 1.54) is 0 Å². The summed E-state index contributed by atoms with van der Waals surface area (Å²) in [5, 5.41) is 3.56. The summed E-state index contributed by atoms with van der Waals surface area (Å²) in [7, 11) is 0. The van der Waals surface area contributed by atoms with Crippen molar-refractivity contribution in [3.8, 4) is 0 Å². The number of carbonyl (C=O) groups is 3. The van der Waals surface area contributed by atoms with Crippen molar-refractivity contribution < 1.29 is 14.4 Å². The van der Waals surface area contributed by atoms with Crippen LogP contribution in [0.15, 0.2) is 104 Å². The molecule has 1 amide bonds. The summed E-state index contributed by atoms with van der Waals surface area (Å²) in [5.74, 6) is -1.84. The summed E-state index contributed by atoms with van der Waals surface area (Å²) in [6.07, 6.45) is 6.91. The first-order chi connectivity index (χ1) is 19.0. The van der Waals surface area contributed by atoms with Gasteiger partial charge >= 0.3 is 0 Å². The lowest BCUT2D eigenvalue weighted by Gasteiger charge is -2.38. The average molecular weight is 532 g/mol. The number of Topliss-reactive ketones (excluding diaryl/α,β-unsaturated/α-hetero) is 2. The van der Waals surface area contributed by atoms with E-state index in [0.717, 1.165) is 11.1 Å². The van der Waals surface area contributed by atoms with Gasteiger partial charge in [-0.3, -0.25) is 19.4 Å². The minimum absolute atomic E-state index is 0.248. The Morgan fingerprint density at radius 3 is 2.33 bits per heavy atom. The number of ketones is 2. The molecule has 190 valence electrons. The Hall–Kier alpha value is -4.55. The van der Waals surface area contributed by atoms with Crippen LogP contribution in [0, 0.1) is 5.92 Å². The molecule has 4 aromatic rings. The van der Waals surface area contributed by atoms with Crippen LogP contribution in [0.2, 0.25) is 5.02 Å². The van der Waals surface area contributed by atoms with Crippen molar-refractivity contribution in [2.75, 3.05) is 5.32 Å². The number of rotatable bonds is 4. The van der Waals surface area contributed by atoms with Crippen molar-refractivity contribution in [2.45, 2.75) is 17.5 Å². The third kappa shape index (κ3) is 3.28. The Labute approximate surface area is 229 Å². The molecule has 0 unspecified atom stereocenters. The fraction of sp³-hybridized carbons (Fsp3) is 0.125. The lowest BCUT2D eigenvalue weighted by atomic mass is 9.62. The molecular weight excluding hydrogens is 510 g/mol. The minimum Gasteiger partial charge on any atom is -0.358 e. The Morgan fingerprint density at radius 2 is 1.54 bits per heavy atom. The van der Waals surface area contributed by atoms with E-state index < -0.39 is 23.4 Å². The third-order valence-electron chi connectivity index (χ3n) is 8.22. The van der Waals surface area contributed by atoms with E-state index in [1.807, 2.05) is 65.7 Å². The van der Waals surface area contributed by atoms with Gasteiger partial charge in [-0.05, 0) is 65.2 Å². The Morgan fingerprint density at radius 1 is 0.846 bits per heavy atom. The average Bonchev–Trinajstić information content (AvgIpc) is 3.45. The van der Waals surface area contributed by atoms with Gasteiger partial charge in [0.15, 0.2) is 11.6 Å². The maximum Gasteiger partial charge on any atom is 0.238 e. The number of anilines is 1. The van der Waals surface area contributed by atoms with Crippen LogP contribution >= 0.6 is 11.6 Å². The molecule has 0 saturated carbocycles. The number of nitrogens with one attached hydrogen (secondary N) is 1. The predicted molar refractivity (Wildman–Crippen MR) is 148 cm³/mol. The minimum atomic E-state index is -1.36. The first kappa shape index (κ1) is 23.6. The summed E-state index contributed by atoms with van der Waals surface area (Å²) in [6.45, 7) is 0. The van der Waals surface area contributed by atoms with Crippen LogP contribution < -0.4 is 5.32 Å². The molecule has 4 heterocycles. The van der Waals surface area contributed by atoms with Gasteiger partial charge in [0.05, 0.1) is 12.0 Å². The number of hydrogen-bond donors (Lipinski definition) is 1. The standard InChI is InChI=1S/C32H22ClN3O3/c33-22-11-9-20(10-12-22)29(38)27-26(28(37)21-13-16-34-17-14-21)32(24-7-3-4-8-25(24)35-31(32)39)30-23-6-2-1-5-19(23)15-18-36(27)30/h1-18,26-27,30H,(H,35,39)/t26-,27-,30+,32+/m1/s1. The van der Waals surface area contributed by atoms with Gasteiger partial charge in [0, 0.05) is 40.4 Å². The molecule has 7 rings (SSSR count). The number of aromatic nitrogens is 1. The Balaban J connectivity index is 1.54. The second-order valence-corrected chi connectivity index (χ2v) is 10.5. The van der Waals surface area contributed by atoms with E-state index >= 15 is 0 Å². The zero-order chi connectivity index (χ0) is 26.7. The van der Waals surface area contributed by atoms with E-state index in [2.05, 4.69) is 10.3 Å². The summed E-state index contributed by atoms with van der Waals surface area (Å²) >= 11 is 6.13. The Kier molecular flexibility index (Phi) is 5.28. The quantitative estimate of drug-likeness (QED) is 0.341. The summed E-state index contributed by atoms with van der Waals surface area (Å²) in [4.78, 5) is 49.4. The first-order valence-corrected chi connectivity index (χ1v) is 13.1. The van der Waals surface area contributed by atoms with Gasteiger partial charge in [-0.25, -0.2) is 0 Å². The van der Waals surface area contributed by atoms with E-state index in [4.69, 9.17) is 11.6 Å². The van der Waals surface area contributed by atoms with Crippen LogP contribution in [-0.2, 0) is 10.2 Å². The van der Waals surface area contributed by atoms with Crippen LogP contribution in [0.4, 0.5) is 5.69 Å². The highest BCUT2D eigenvalue weighted by atomic mass is 35.5. The van der Waals surface area contributed by atoms with E-state index in [-0.39, 0.29) is 17.5 Å². The van der Waals surface area contributed by atoms with E-state index in [9.17, 15) is 14.4 Å². The molecule has 3 aromatic carbocycles. The Bertz CT molecular complexity index is 1680. The number of amides is 1. The topological polar surface area (TPSA) is 79.4 Å². The maximum atomic E-state index is 14.6. The molecule has 0 aliphatic carbocycles. The number of benzene rings is 3. The van der Waals surface area contributed by atoms with E-state index in [0.29, 0.717) is 27.4 Å². The summed E-state index contributed by atoms with van der Waals surface area (Å²) < 4.78 is 0. The largest absolute Gasteiger partial charge is 0.358 e. The number of carbonyl (C=O) groups excluding carboxylic acids is 3. The molecule has 1 saturated heterocycles. The van der Waals surface area contributed by atoms with Crippen LogP contribution in [0.25, 0.3) is 6.08 Å². The molecule has 4 atom stereocenters. The molecular formula is C32H22ClN3O3. The fourth-order valence-electron chi connectivity index (χ4n) is 6.65. The third-order valence-corrected chi connectivity index (χ3v) is 8.47. The molecule has 1 N–H and O–H groups in total. The molecule has 1 fully saturated rings. The summed E-state index contributed by atoms with van der Waals surface area (Å²) in [6, 6.07) is 23.7. The highest BCUT2D eigenvalue weighted by molar-refractivity contribution is 6.30. The molecule has 1 spiro atoms. The van der Waals surface area contributed by atoms with Gasteiger partial charge in [0.2, 0.25) is 5.91 Å². The zero-order valence-electron chi connectivity index (χ0n) is 20.6. The smallest absolute Gasteiger partial charge is 0.238 e. The van der Waals surface area contributed by atoms with Crippen molar-refractivity contribution >= 4 is 40.8 Å². The predicted octanol–water partition coefficient (Wildman–Crippen LogP) is 5.72. The number of pyridine rings is 1. The number of nitrogens with zero attached hydrogens (tertiary/aromatic N) is 2. The number of halogens is 1. The van der Waals surface area contributed by atoms with Crippen LogP contribution in [-0.4, -0.2) is 33.4 Å². The normalized spacial score (nSPS) is 24.2. The zero-order valence-corrected chi connectivity index (χ0v) is 21.4. The van der Waals surface area contributed by atoms with Gasteiger partial charge in [-0.15, -0.1) is 0 Å². The molecule has 0 bridgehead atoms. The van der Waals surface area contributed by atoms with Crippen LogP contribution in [0.5, 0.6) is 0 Å². The molecule has 3 aliphatic heterocycles. The molecule has 3 aliphatic rings. The fourth-order valence-corrected chi connectivity index (χ4v) is 6.77. The lowest BCUT2D eigenvalue weighted by Crippen LogP contribution is -2.49. The number of hydrogen-bond acceptors (Lipinski definition) is 5. The SMILES string of the molecule is O=C(c1ccc(Cl)cc1)[C@H]1[C@H](C(=O)c2ccncc2)[C@]2(C(=O)Nc3ccccc32)[C@@H]2c3ccccc3C=CN21. The highest BCUT2D eigenvalue weighted by Crippen LogP contribution is 2.62. The summed E-state index contributed by atoms with van der Waals surface area (Å²) in [5.41, 5.74) is 2.68. The van der Waals surface area contributed by atoms with Crippen molar-refractivity contribution in [2.24, 2.45) is 5.92 Å². The van der Waals surface area contributed by atoms with Crippen molar-refractivity contribution in [1.82, 2.24) is 9.88 Å². The number of fused-ring (bicyclic) bond motifs is 6. The van der Waals surface area contributed by atoms with Crippen LogP contribution in [0.1, 0.15) is 43.4 Å². The second-order valence-electron chi connectivity index (χ2n) is 10.1. The highest BCUT2D eigenvalue weighted by Gasteiger charge is 2.70. The first-order valence-electron chi connectivity index (χ1n) is 12.7. The van der Waals surface area contributed by atoms with Gasteiger partial charge < -0.3 is 10.2 Å². The van der Waals surface area contributed by atoms with Gasteiger partial charge in [-0.1, -0.05) is 54.1 Å². The maximum absolute atomic E-state index is 14.6. The van der Waals surface area contributed by atoms with Crippen molar-refractivity contribution in [1.29, 1.82) is 0 Å². The molecule has 0 radical (unpaired) electrons. The molecule has 39 heavy (non-hydrogen) atoms. The molecule has 6 nitrogen and oxygen atoms in total. The van der Waals surface area contributed by atoms with Gasteiger partial charge in [0.25, 0.3) is 0 Å². The van der Waals surface area contributed by atoms with Gasteiger partial charge in [0.1, 0.15) is 11.5 Å². The number of para-hydroxylation sites is 1. The second kappa shape index (κ2) is 8.75. The molecule has 1 aromatic heterocycles. The lowest BCUT2D eigenvalue weighted by molar-refractivity contribution is -0.122. The van der Waals surface area contributed by atoms with Crippen molar-refractivity contribution in [3.63, 3.8) is 0 Å². The van der Waals surface area contributed by atoms with Crippen molar-refractivity contribution in [3.05, 3.63) is 136 Å². The van der Waals surface area contributed by atoms with Gasteiger partial charge in [-0.2, -0.15) is 0 Å². The van der Waals surface area contributed by atoms with E-state index in [1.54, 1.807) is 48.8 Å². The van der Waals surface area contributed by atoms with Crippen LogP contribution in [0.3, 0.4) is 0 Å². The molecule has 7 heteroatoms. The monoisotopic (exact) mass is 531 g/mol.